The van der Waals surface area contributed by atoms with E-state index in [1.807, 2.05) is 19.1 Å². The molecule has 3 rings (SSSR count). The van der Waals surface area contributed by atoms with E-state index in [1.165, 1.54) is 22.6 Å². The number of hydrogen-bond acceptors (Lipinski definition) is 2. The van der Waals surface area contributed by atoms with Crippen LogP contribution in [0.4, 0.5) is 8.78 Å². The van der Waals surface area contributed by atoms with Crippen LogP contribution in [0.1, 0.15) is 24.1 Å². The van der Waals surface area contributed by atoms with Crippen molar-refractivity contribution in [2.24, 2.45) is 0 Å². The van der Waals surface area contributed by atoms with Crippen LogP contribution in [0.15, 0.2) is 47.4 Å². The Bertz CT molecular complexity index is 599. The molecule has 1 nitrogen and oxygen atoms in total. The summed E-state index contributed by atoms with van der Waals surface area (Å²) in [4.78, 5) is 1.27. The SMILES string of the molecule is CCNC(c1cc(F)cc(F)c1)C1Cc2ccccc2S1. The van der Waals surface area contributed by atoms with Crippen LogP contribution >= 0.6 is 11.8 Å². The lowest BCUT2D eigenvalue weighted by atomic mass is 9.98. The average molecular weight is 305 g/mol. The smallest absolute Gasteiger partial charge is 0.126 e. The normalized spacial score (nSPS) is 18.5. The summed E-state index contributed by atoms with van der Waals surface area (Å²) < 4.78 is 27.0. The Morgan fingerprint density at radius 1 is 1.19 bits per heavy atom. The van der Waals surface area contributed by atoms with E-state index in [-0.39, 0.29) is 11.3 Å². The fraction of sp³-hybridized carbons (Fsp3) is 0.294. The van der Waals surface area contributed by atoms with Gasteiger partial charge in [-0.25, -0.2) is 8.78 Å². The van der Waals surface area contributed by atoms with Crippen molar-refractivity contribution in [1.29, 1.82) is 0 Å². The van der Waals surface area contributed by atoms with Crippen LogP contribution in [0, 0.1) is 11.6 Å². The third-order valence-corrected chi connectivity index (χ3v) is 5.11. The molecular formula is C17H17F2NS. The van der Waals surface area contributed by atoms with Crippen molar-refractivity contribution in [2.75, 3.05) is 6.54 Å². The molecule has 0 aromatic heterocycles. The van der Waals surface area contributed by atoms with Crippen LogP contribution in [0.2, 0.25) is 0 Å². The van der Waals surface area contributed by atoms with Gasteiger partial charge in [-0.05, 0) is 42.3 Å². The van der Waals surface area contributed by atoms with E-state index in [4.69, 9.17) is 0 Å². The van der Waals surface area contributed by atoms with Gasteiger partial charge in [-0.15, -0.1) is 11.8 Å². The molecule has 110 valence electrons. The second-order valence-corrected chi connectivity index (χ2v) is 6.49. The molecule has 1 heterocycles. The van der Waals surface area contributed by atoms with Gasteiger partial charge in [0, 0.05) is 22.3 Å². The van der Waals surface area contributed by atoms with Crippen molar-refractivity contribution in [3.8, 4) is 0 Å². The molecule has 2 aromatic rings. The first-order valence-corrected chi connectivity index (χ1v) is 7.99. The van der Waals surface area contributed by atoms with Crippen molar-refractivity contribution in [3.63, 3.8) is 0 Å². The minimum atomic E-state index is -0.520. The average Bonchev–Trinajstić information content (AvgIpc) is 2.87. The molecule has 1 N–H and O–H groups in total. The first-order chi connectivity index (χ1) is 10.2. The molecule has 0 fully saturated rings. The summed E-state index contributed by atoms with van der Waals surface area (Å²) >= 11 is 1.78. The molecule has 2 atom stereocenters. The Morgan fingerprint density at radius 3 is 2.57 bits per heavy atom. The highest BCUT2D eigenvalue weighted by molar-refractivity contribution is 8.00. The molecule has 2 unspecified atom stereocenters. The van der Waals surface area contributed by atoms with E-state index in [1.54, 1.807) is 11.8 Å². The molecule has 0 amide bonds. The monoisotopic (exact) mass is 305 g/mol. The van der Waals surface area contributed by atoms with Gasteiger partial charge in [-0.2, -0.15) is 0 Å². The Kier molecular flexibility index (Phi) is 4.27. The zero-order chi connectivity index (χ0) is 14.8. The molecule has 0 radical (unpaired) electrons. The number of fused-ring (bicyclic) bond motifs is 1. The lowest BCUT2D eigenvalue weighted by molar-refractivity contribution is 0.516. The van der Waals surface area contributed by atoms with Gasteiger partial charge in [0.25, 0.3) is 0 Å². The van der Waals surface area contributed by atoms with Gasteiger partial charge in [0.1, 0.15) is 11.6 Å². The fourth-order valence-corrected chi connectivity index (χ4v) is 4.27. The Hall–Kier alpha value is -1.39. The van der Waals surface area contributed by atoms with Gasteiger partial charge in [-0.1, -0.05) is 25.1 Å². The van der Waals surface area contributed by atoms with E-state index < -0.39 is 11.6 Å². The Labute approximate surface area is 127 Å². The van der Waals surface area contributed by atoms with Crippen LogP contribution in [-0.4, -0.2) is 11.8 Å². The van der Waals surface area contributed by atoms with Crippen molar-refractivity contribution >= 4 is 11.8 Å². The quantitative estimate of drug-likeness (QED) is 0.902. The predicted octanol–water partition coefficient (Wildman–Crippen LogP) is 4.33. The zero-order valence-electron chi connectivity index (χ0n) is 11.8. The maximum Gasteiger partial charge on any atom is 0.126 e. The van der Waals surface area contributed by atoms with E-state index in [0.717, 1.165) is 19.0 Å². The van der Waals surface area contributed by atoms with Gasteiger partial charge in [0.2, 0.25) is 0 Å². The van der Waals surface area contributed by atoms with Gasteiger partial charge in [0.05, 0.1) is 0 Å². The van der Waals surface area contributed by atoms with Crippen molar-refractivity contribution in [2.45, 2.75) is 29.5 Å². The highest BCUT2D eigenvalue weighted by atomic mass is 32.2. The summed E-state index contributed by atoms with van der Waals surface area (Å²) in [5.41, 5.74) is 1.99. The fourth-order valence-electron chi connectivity index (χ4n) is 2.83. The lowest BCUT2D eigenvalue weighted by Crippen LogP contribution is -2.30. The summed E-state index contributed by atoms with van der Waals surface area (Å²) in [6.07, 6.45) is 0.913. The summed E-state index contributed by atoms with van der Waals surface area (Å²) in [6.45, 7) is 2.77. The number of rotatable bonds is 4. The molecule has 1 aliphatic heterocycles. The van der Waals surface area contributed by atoms with Crippen LogP contribution in [0.25, 0.3) is 0 Å². The van der Waals surface area contributed by atoms with E-state index >= 15 is 0 Å². The standard InChI is InChI=1S/C17H17F2NS/c1-2-20-17(12-7-13(18)10-14(19)8-12)16-9-11-5-3-4-6-15(11)21-16/h3-8,10,16-17,20H,2,9H2,1H3. The Morgan fingerprint density at radius 2 is 1.90 bits per heavy atom. The van der Waals surface area contributed by atoms with Gasteiger partial charge in [-0.3, -0.25) is 0 Å². The number of nitrogens with one attached hydrogen (secondary N) is 1. The number of hydrogen-bond donors (Lipinski definition) is 1. The zero-order valence-corrected chi connectivity index (χ0v) is 12.6. The third-order valence-electron chi connectivity index (χ3n) is 3.71. The molecule has 1 aliphatic rings. The first kappa shape index (κ1) is 14.5. The largest absolute Gasteiger partial charge is 0.309 e. The minimum absolute atomic E-state index is 0.0578. The number of halogens is 2. The second-order valence-electron chi connectivity index (χ2n) is 5.21. The highest BCUT2D eigenvalue weighted by Gasteiger charge is 2.30. The molecule has 2 aromatic carbocycles. The highest BCUT2D eigenvalue weighted by Crippen LogP contribution is 2.42. The summed E-state index contributed by atoms with van der Waals surface area (Å²) in [7, 11) is 0. The van der Waals surface area contributed by atoms with Gasteiger partial charge >= 0.3 is 0 Å². The first-order valence-electron chi connectivity index (χ1n) is 7.11. The van der Waals surface area contributed by atoms with Crippen LogP contribution in [-0.2, 0) is 6.42 Å². The van der Waals surface area contributed by atoms with Crippen LogP contribution in [0.5, 0.6) is 0 Å². The number of thioether (sulfide) groups is 1. The summed E-state index contributed by atoms with van der Waals surface area (Å²) in [6, 6.07) is 12.0. The topological polar surface area (TPSA) is 12.0 Å². The minimum Gasteiger partial charge on any atom is -0.309 e. The van der Waals surface area contributed by atoms with E-state index in [9.17, 15) is 8.78 Å². The maximum atomic E-state index is 13.5. The second kappa shape index (κ2) is 6.16. The van der Waals surface area contributed by atoms with Gasteiger partial charge in [0.15, 0.2) is 0 Å². The van der Waals surface area contributed by atoms with Crippen molar-refractivity contribution in [3.05, 3.63) is 65.2 Å². The van der Waals surface area contributed by atoms with Crippen molar-refractivity contribution in [1.82, 2.24) is 5.32 Å². The molecule has 0 bridgehead atoms. The molecule has 4 heteroatoms. The third kappa shape index (κ3) is 3.11. The maximum absolute atomic E-state index is 13.5. The molecule has 21 heavy (non-hydrogen) atoms. The van der Waals surface area contributed by atoms with Crippen LogP contribution < -0.4 is 5.32 Å². The lowest BCUT2D eigenvalue weighted by Gasteiger charge is -2.24. The summed E-state index contributed by atoms with van der Waals surface area (Å²) in [5, 5.41) is 3.63. The van der Waals surface area contributed by atoms with E-state index in [0.29, 0.717) is 5.56 Å². The van der Waals surface area contributed by atoms with E-state index in [2.05, 4.69) is 17.4 Å². The number of benzene rings is 2. The Balaban J connectivity index is 1.89. The molecular weight excluding hydrogens is 288 g/mol. The van der Waals surface area contributed by atoms with Crippen molar-refractivity contribution < 1.29 is 8.78 Å². The van der Waals surface area contributed by atoms with Crippen LogP contribution in [0.3, 0.4) is 0 Å². The molecule has 0 saturated carbocycles. The summed E-state index contributed by atoms with van der Waals surface area (Å²) in [5.74, 6) is -1.04. The predicted molar refractivity (Wildman–Crippen MR) is 82.6 cm³/mol. The molecule has 0 aliphatic carbocycles. The molecule has 0 spiro atoms. The molecule has 0 saturated heterocycles. The van der Waals surface area contributed by atoms with Gasteiger partial charge < -0.3 is 5.32 Å².